The van der Waals surface area contributed by atoms with E-state index >= 15 is 0 Å². The highest BCUT2D eigenvalue weighted by Crippen LogP contribution is 2.35. The summed E-state index contributed by atoms with van der Waals surface area (Å²) in [5.41, 5.74) is 15.9. The minimum Gasteiger partial charge on any atom is -0.368 e. The lowest BCUT2D eigenvalue weighted by Crippen LogP contribution is -2.10. The zero-order valence-electron chi connectivity index (χ0n) is 13.5. The molecule has 0 radical (unpaired) electrons. The Kier molecular flexibility index (Phi) is 3.93. The smallest absolute Gasteiger partial charge is 0.248 e. The van der Waals surface area contributed by atoms with Crippen LogP contribution in [0.1, 0.15) is 10.4 Å². The first kappa shape index (κ1) is 16.3. The number of hydrogen-bond donors (Lipinski definition) is 3. The average Bonchev–Trinajstić information content (AvgIpc) is 3.04. The molecule has 2 aromatic heterocycles. The number of amides is 1. The molecule has 6 nitrogen and oxygen atoms in total. The molecule has 4 aromatic rings. The number of rotatable bonds is 3. The Morgan fingerprint density at radius 3 is 2.58 bits per heavy atom. The predicted octanol–water partition coefficient (Wildman–Crippen LogP) is 3.74. The monoisotopic (exact) mass is 407 g/mol. The molecule has 0 aliphatic rings. The fourth-order valence-electron chi connectivity index (χ4n) is 2.91. The Hall–Kier alpha value is -3.19. The van der Waals surface area contributed by atoms with Crippen LogP contribution in [0.2, 0.25) is 0 Å². The number of H-pyrrole nitrogens is 1. The van der Waals surface area contributed by atoms with Gasteiger partial charge in [0, 0.05) is 44.5 Å². The summed E-state index contributed by atoms with van der Waals surface area (Å²) in [4.78, 5) is 23.2. The molecule has 0 aliphatic heterocycles. The van der Waals surface area contributed by atoms with Crippen molar-refractivity contribution in [2.24, 2.45) is 5.73 Å². The number of fused-ring (bicyclic) bond motifs is 1. The zero-order valence-corrected chi connectivity index (χ0v) is 15.1. The molecule has 7 heteroatoms. The number of nitrogens with one attached hydrogen (secondary N) is 1. The van der Waals surface area contributed by atoms with Crippen molar-refractivity contribution in [3.8, 4) is 22.4 Å². The highest BCUT2D eigenvalue weighted by Gasteiger charge is 2.15. The van der Waals surface area contributed by atoms with Gasteiger partial charge in [0.1, 0.15) is 0 Å². The van der Waals surface area contributed by atoms with E-state index < -0.39 is 5.91 Å². The molecule has 0 aliphatic carbocycles. The number of aromatic amines is 1. The van der Waals surface area contributed by atoms with Gasteiger partial charge in [0.15, 0.2) is 0 Å². The minimum absolute atomic E-state index is 0.196. The van der Waals surface area contributed by atoms with Gasteiger partial charge in [-0.25, -0.2) is 9.97 Å². The quantitative estimate of drug-likeness (QED) is 0.480. The summed E-state index contributed by atoms with van der Waals surface area (Å²) in [5.74, 6) is -0.270. The standard InChI is InChI=1S/C19H14BrN5O/c20-12-5-6-16-13(7-12)15(9-23-16)17-14(8-24-19(22)25-17)10-1-3-11(4-2-10)18(21)26/h1-9,23H,(H2,21,26)(H2,22,24,25). The highest BCUT2D eigenvalue weighted by molar-refractivity contribution is 9.10. The molecule has 0 saturated heterocycles. The molecular formula is C19H14BrN5O. The number of carbonyl (C=O) groups excluding carboxylic acids is 1. The first-order valence-corrected chi connectivity index (χ1v) is 8.62. The van der Waals surface area contributed by atoms with Crippen molar-refractivity contribution in [3.63, 3.8) is 0 Å². The molecule has 0 atom stereocenters. The van der Waals surface area contributed by atoms with E-state index in [1.807, 2.05) is 36.5 Å². The van der Waals surface area contributed by atoms with Crippen LogP contribution in [0.25, 0.3) is 33.3 Å². The van der Waals surface area contributed by atoms with Crippen LogP contribution in [0.3, 0.4) is 0 Å². The largest absolute Gasteiger partial charge is 0.368 e. The molecule has 0 bridgehead atoms. The Morgan fingerprint density at radius 1 is 1.08 bits per heavy atom. The van der Waals surface area contributed by atoms with Gasteiger partial charge in [-0.1, -0.05) is 28.1 Å². The first-order valence-electron chi connectivity index (χ1n) is 7.82. The number of nitrogens with zero attached hydrogens (tertiary/aromatic N) is 2. The molecule has 5 N–H and O–H groups in total. The first-order chi connectivity index (χ1) is 12.5. The van der Waals surface area contributed by atoms with Crippen LogP contribution in [0.4, 0.5) is 5.95 Å². The average molecular weight is 408 g/mol. The van der Waals surface area contributed by atoms with E-state index in [1.165, 1.54) is 0 Å². The SMILES string of the molecule is NC(=O)c1ccc(-c2cnc(N)nc2-c2c[nH]c3ccc(Br)cc23)cc1. The highest BCUT2D eigenvalue weighted by atomic mass is 79.9. The lowest BCUT2D eigenvalue weighted by Gasteiger charge is -2.09. The van der Waals surface area contributed by atoms with Crippen molar-refractivity contribution in [1.29, 1.82) is 0 Å². The van der Waals surface area contributed by atoms with Gasteiger partial charge in [-0.15, -0.1) is 0 Å². The number of hydrogen-bond acceptors (Lipinski definition) is 4. The topological polar surface area (TPSA) is 111 Å². The third-order valence-corrected chi connectivity index (χ3v) is 4.68. The molecular weight excluding hydrogens is 394 g/mol. The fraction of sp³-hybridized carbons (Fsp3) is 0. The van der Waals surface area contributed by atoms with E-state index in [-0.39, 0.29) is 5.95 Å². The Labute approximate surface area is 157 Å². The Bertz CT molecular complexity index is 1130. The van der Waals surface area contributed by atoms with Crippen LogP contribution in [0, 0.1) is 0 Å². The molecule has 4 rings (SSSR count). The van der Waals surface area contributed by atoms with Crippen molar-refractivity contribution in [2.75, 3.05) is 5.73 Å². The van der Waals surface area contributed by atoms with Crippen LogP contribution < -0.4 is 11.5 Å². The molecule has 1 amide bonds. The van der Waals surface area contributed by atoms with Crippen molar-refractivity contribution < 1.29 is 4.79 Å². The number of nitrogens with two attached hydrogens (primary N) is 2. The van der Waals surface area contributed by atoms with Gasteiger partial charge in [0.2, 0.25) is 11.9 Å². The third-order valence-electron chi connectivity index (χ3n) is 4.19. The summed E-state index contributed by atoms with van der Waals surface area (Å²) >= 11 is 3.51. The van der Waals surface area contributed by atoms with E-state index in [1.54, 1.807) is 18.3 Å². The van der Waals surface area contributed by atoms with Crippen LogP contribution in [0.5, 0.6) is 0 Å². The van der Waals surface area contributed by atoms with Crippen LogP contribution in [0.15, 0.2) is 59.3 Å². The van der Waals surface area contributed by atoms with Gasteiger partial charge in [0.05, 0.1) is 5.69 Å². The molecule has 2 aromatic carbocycles. The second kappa shape index (κ2) is 6.27. The molecule has 0 saturated carbocycles. The minimum atomic E-state index is -0.466. The van der Waals surface area contributed by atoms with Gasteiger partial charge < -0.3 is 16.5 Å². The fourth-order valence-corrected chi connectivity index (χ4v) is 3.28. The molecule has 0 unspecified atom stereocenters. The normalized spacial score (nSPS) is 11.0. The molecule has 0 fully saturated rings. The van der Waals surface area contributed by atoms with E-state index in [2.05, 4.69) is 30.9 Å². The number of primary amides is 1. The maximum absolute atomic E-state index is 11.3. The number of carbonyl (C=O) groups is 1. The van der Waals surface area contributed by atoms with Crippen molar-refractivity contribution >= 4 is 38.7 Å². The maximum atomic E-state index is 11.3. The van der Waals surface area contributed by atoms with Gasteiger partial charge >= 0.3 is 0 Å². The zero-order chi connectivity index (χ0) is 18.3. The lowest BCUT2D eigenvalue weighted by atomic mass is 9.99. The number of benzene rings is 2. The predicted molar refractivity (Wildman–Crippen MR) is 105 cm³/mol. The van der Waals surface area contributed by atoms with Gasteiger partial charge in [0.25, 0.3) is 0 Å². The van der Waals surface area contributed by atoms with E-state index in [0.717, 1.165) is 32.1 Å². The summed E-state index contributed by atoms with van der Waals surface area (Å²) in [7, 11) is 0. The number of halogens is 1. The molecule has 26 heavy (non-hydrogen) atoms. The van der Waals surface area contributed by atoms with Gasteiger partial charge in [-0.2, -0.15) is 0 Å². The lowest BCUT2D eigenvalue weighted by molar-refractivity contribution is 0.100. The summed E-state index contributed by atoms with van der Waals surface area (Å²) in [6.07, 6.45) is 3.59. The molecule has 128 valence electrons. The van der Waals surface area contributed by atoms with Crippen LogP contribution in [-0.4, -0.2) is 20.9 Å². The van der Waals surface area contributed by atoms with Crippen LogP contribution in [-0.2, 0) is 0 Å². The summed E-state index contributed by atoms with van der Waals surface area (Å²) < 4.78 is 0.972. The second-order valence-electron chi connectivity index (χ2n) is 5.82. The van der Waals surface area contributed by atoms with E-state index in [4.69, 9.17) is 11.5 Å². The Morgan fingerprint density at radius 2 is 1.85 bits per heavy atom. The number of aromatic nitrogens is 3. The van der Waals surface area contributed by atoms with Gasteiger partial charge in [-0.3, -0.25) is 4.79 Å². The third kappa shape index (κ3) is 2.82. The second-order valence-corrected chi connectivity index (χ2v) is 6.74. The van der Waals surface area contributed by atoms with Crippen LogP contribution >= 0.6 is 15.9 Å². The molecule has 2 heterocycles. The summed E-state index contributed by atoms with van der Waals surface area (Å²) in [6, 6.07) is 13.0. The summed E-state index contributed by atoms with van der Waals surface area (Å²) in [5, 5.41) is 1.02. The van der Waals surface area contributed by atoms with Gasteiger partial charge in [-0.05, 0) is 35.9 Å². The van der Waals surface area contributed by atoms with E-state index in [9.17, 15) is 4.79 Å². The number of nitrogen functional groups attached to an aromatic ring is 1. The Balaban J connectivity index is 1.92. The van der Waals surface area contributed by atoms with Crippen molar-refractivity contribution in [2.45, 2.75) is 0 Å². The molecule has 0 spiro atoms. The van der Waals surface area contributed by atoms with Crippen molar-refractivity contribution in [3.05, 3.63) is 64.9 Å². The maximum Gasteiger partial charge on any atom is 0.248 e. The number of anilines is 1. The van der Waals surface area contributed by atoms with Crippen molar-refractivity contribution in [1.82, 2.24) is 15.0 Å². The van der Waals surface area contributed by atoms with E-state index in [0.29, 0.717) is 11.3 Å². The summed E-state index contributed by atoms with van der Waals surface area (Å²) in [6.45, 7) is 0.